The fourth-order valence-electron chi connectivity index (χ4n) is 1.07. The third-order valence-corrected chi connectivity index (χ3v) is 2.37. The van der Waals surface area contributed by atoms with Gasteiger partial charge >= 0.3 is 0 Å². The number of nitrogens with one attached hydrogen (secondary N) is 1. The van der Waals surface area contributed by atoms with Gasteiger partial charge in [-0.2, -0.15) is 5.26 Å². The van der Waals surface area contributed by atoms with E-state index in [1.807, 2.05) is 13.0 Å². The molecule has 0 spiro atoms. The molecular formula is C11H13ClN2O. The lowest BCUT2D eigenvalue weighted by molar-refractivity contribution is 0.244. The van der Waals surface area contributed by atoms with Crippen molar-refractivity contribution in [3.63, 3.8) is 0 Å². The van der Waals surface area contributed by atoms with Crippen molar-refractivity contribution in [2.24, 2.45) is 5.92 Å². The number of aliphatic hydroxyl groups excluding tert-OH is 1. The molecule has 3 nitrogen and oxygen atoms in total. The largest absolute Gasteiger partial charge is 0.396 e. The molecule has 0 fully saturated rings. The van der Waals surface area contributed by atoms with E-state index in [0.717, 1.165) is 5.69 Å². The van der Waals surface area contributed by atoms with Crippen LogP contribution in [0.4, 0.5) is 5.69 Å². The number of nitriles is 1. The van der Waals surface area contributed by atoms with Gasteiger partial charge in [0, 0.05) is 18.8 Å². The van der Waals surface area contributed by atoms with Crippen molar-refractivity contribution in [2.45, 2.75) is 6.92 Å². The minimum absolute atomic E-state index is 0.150. The van der Waals surface area contributed by atoms with Gasteiger partial charge in [0.2, 0.25) is 0 Å². The van der Waals surface area contributed by atoms with Crippen LogP contribution in [0.25, 0.3) is 0 Å². The van der Waals surface area contributed by atoms with Gasteiger partial charge in [0.05, 0.1) is 10.6 Å². The topological polar surface area (TPSA) is 56.0 Å². The summed E-state index contributed by atoms with van der Waals surface area (Å²) < 4.78 is 0. The van der Waals surface area contributed by atoms with Crippen LogP contribution < -0.4 is 5.32 Å². The summed E-state index contributed by atoms with van der Waals surface area (Å²) in [6.07, 6.45) is 0. The lowest BCUT2D eigenvalue weighted by Crippen LogP contribution is -2.14. The smallest absolute Gasteiger partial charge is 0.101 e. The first kappa shape index (κ1) is 11.8. The van der Waals surface area contributed by atoms with Gasteiger partial charge in [-0.1, -0.05) is 18.5 Å². The Morgan fingerprint density at radius 2 is 2.33 bits per heavy atom. The van der Waals surface area contributed by atoms with Crippen molar-refractivity contribution in [2.75, 3.05) is 18.5 Å². The summed E-state index contributed by atoms with van der Waals surface area (Å²) in [4.78, 5) is 0. The van der Waals surface area contributed by atoms with E-state index in [-0.39, 0.29) is 12.5 Å². The van der Waals surface area contributed by atoms with Crippen molar-refractivity contribution in [3.05, 3.63) is 28.8 Å². The van der Waals surface area contributed by atoms with Crippen molar-refractivity contribution in [1.82, 2.24) is 0 Å². The predicted molar refractivity (Wildman–Crippen MR) is 60.9 cm³/mol. The molecule has 0 aromatic heterocycles. The summed E-state index contributed by atoms with van der Waals surface area (Å²) in [6, 6.07) is 7.19. The number of nitrogens with zero attached hydrogens (tertiary/aromatic N) is 1. The van der Waals surface area contributed by atoms with Crippen LogP contribution in [0.2, 0.25) is 5.02 Å². The molecule has 0 bridgehead atoms. The molecule has 15 heavy (non-hydrogen) atoms. The molecule has 0 heterocycles. The molecular weight excluding hydrogens is 212 g/mol. The zero-order chi connectivity index (χ0) is 11.3. The Kier molecular flexibility index (Phi) is 4.41. The number of hydrogen-bond acceptors (Lipinski definition) is 3. The summed E-state index contributed by atoms with van der Waals surface area (Å²) in [5.74, 6) is 0.194. The Morgan fingerprint density at radius 3 is 2.87 bits per heavy atom. The second-order valence-corrected chi connectivity index (χ2v) is 3.88. The van der Waals surface area contributed by atoms with E-state index in [2.05, 4.69) is 5.32 Å². The molecule has 0 saturated heterocycles. The third kappa shape index (κ3) is 3.43. The molecule has 2 N–H and O–H groups in total. The minimum atomic E-state index is 0.150. The first-order valence-corrected chi connectivity index (χ1v) is 5.09. The standard InChI is InChI=1S/C11H13ClN2O/c1-8(7-15)6-14-10-3-2-9(5-13)11(12)4-10/h2-4,8,14-15H,6-7H2,1H3. The Labute approximate surface area is 94.3 Å². The molecule has 0 amide bonds. The number of rotatable bonds is 4. The molecule has 80 valence electrons. The van der Waals surface area contributed by atoms with Gasteiger partial charge in [-0.15, -0.1) is 0 Å². The van der Waals surface area contributed by atoms with E-state index in [9.17, 15) is 0 Å². The highest BCUT2D eigenvalue weighted by atomic mass is 35.5. The second-order valence-electron chi connectivity index (χ2n) is 3.48. The van der Waals surface area contributed by atoms with Crippen LogP contribution in [0.5, 0.6) is 0 Å². The van der Waals surface area contributed by atoms with Crippen molar-refractivity contribution >= 4 is 17.3 Å². The summed E-state index contributed by atoms with van der Waals surface area (Å²) in [5, 5.41) is 21.1. The van der Waals surface area contributed by atoms with E-state index in [1.165, 1.54) is 0 Å². The molecule has 1 rings (SSSR count). The Morgan fingerprint density at radius 1 is 1.60 bits per heavy atom. The highest BCUT2D eigenvalue weighted by Crippen LogP contribution is 2.20. The first-order valence-electron chi connectivity index (χ1n) is 4.71. The van der Waals surface area contributed by atoms with Gasteiger partial charge < -0.3 is 10.4 Å². The molecule has 0 saturated carbocycles. The average Bonchev–Trinajstić information content (AvgIpc) is 2.26. The van der Waals surface area contributed by atoms with Crippen molar-refractivity contribution in [1.29, 1.82) is 5.26 Å². The van der Waals surface area contributed by atoms with Gasteiger partial charge in [0.25, 0.3) is 0 Å². The quantitative estimate of drug-likeness (QED) is 0.825. The maximum Gasteiger partial charge on any atom is 0.101 e. The zero-order valence-corrected chi connectivity index (χ0v) is 9.25. The Balaban J connectivity index is 2.64. The summed E-state index contributed by atoms with van der Waals surface area (Å²) in [7, 11) is 0. The highest BCUT2D eigenvalue weighted by Gasteiger charge is 2.02. The fourth-order valence-corrected chi connectivity index (χ4v) is 1.30. The zero-order valence-electron chi connectivity index (χ0n) is 8.50. The number of hydrogen-bond donors (Lipinski definition) is 2. The van der Waals surface area contributed by atoms with Crippen LogP contribution in [0.15, 0.2) is 18.2 Å². The van der Waals surface area contributed by atoms with Crippen molar-refractivity contribution in [3.8, 4) is 6.07 Å². The van der Waals surface area contributed by atoms with Crippen LogP contribution in [-0.4, -0.2) is 18.3 Å². The molecule has 1 unspecified atom stereocenters. The van der Waals surface area contributed by atoms with E-state index < -0.39 is 0 Å². The lowest BCUT2D eigenvalue weighted by Gasteiger charge is -2.11. The molecule has 0 aliphatic heterocycles. The van der Waals surface area contributed by atoms with Crippen LogP contribution in [-0.2, 0) is 0 Å². The van der Waals surface area contributed by atoms with Crippen LogP contribution in [0.3, 0.4) is 0 Å². The number of halogens is 1. The molecule has 1 aromatic carbocycles. The first-order chi connectivity index (χ1) is 7.17. The molecule has 4 heteroatoms. The van der Waals surface area contributed by atoms with Gasteiger partial charge in [-0.05, 0) is 24.1 Å². The van der Waals surface area contributed by atoms with E-state index >= 15 is 0 Å². The van der Waals surface area contributed by atoms with Gasteiger partial charge in [-0.3, -0.25) is 0 Å². The van der Waals surface area contributed by atoms with Gasteiger partial charge in [0.1, 0.15) is 6.07 Å². The average molecular weight is 225 g/mol. The Hall–Kier alpha value is -1.24. The minimum Gasteiger partial charge on any atom is -0.396 e. The molecule has 0 aliphatic rings. The van der Waals surface area contributed by atoms with Crippen LogP contribution >= 0.6 is 11.6 Å². The van der Waals surface area contributed by atoms with E-state index in [4.69, 9.17) is 22.0 Å². The van der Waals surface area contributed by atoms with E-state index in [1.54, 1.807) is 18.2 Å². The summed E-state index contributed by atoms with van der Waals surface area (Å²) in [6.45, 7) is 2.77. The number of aliphatic hydroxyl groups is 1. The number of anilines is 1. The van der Waals surface area contributed by atoms with Gasteiger partial charge in [-0.25, -0.2) is 0 Å². The fraction of sp³-hybridized carbons (Fsp3) is 0.364. The monoisotopic (exact) mass is 224 g/mol. The summed E-state index contributed by atoms with van der Waals surface area (Å²) in [5.41, 5.74) is 1.33. The van der Waals surface area contributed by atoms with E-state index in [0.29, 0.717) is 17.1 Å². The summed E-state index contributed by atoms with van der Waals surface area (Å²) >= 11 is 5.87. The lowest BCUT2D eigenvalue weighted by atomic mass is 10.2. The SMILES string of the molecule is CC(CO)CNc1ccc(C#N)c(Cl)c1. The highest BCUT2D eigenvalue weighted by molar-refractivity contribution is 6.32. The maximum atomic E-state index is 8.84. The third-order valence-electron chi connectivity index (χ3n) is 2.06. The molecule has 1 aromatic rings. The van der Waals surface area contributed by atoms with Gasteiger partial charge in [0.15, 0.2) is 0 Å². The number of benzene rings is 1. The molecule has 1 atom stereocenters. The van der Waals surface area contributed by atoms with Crippen LogP contribution in [0.1, 0.15) is 12.5 Å². The normalized spacial score (nSPS) is 11.9. The Bertz CT molecular complexity index is 373. The molecule has 0 aliphatic carbocycles. The van der Waals surface area contributed by atoms with Crippen molar-refractivity contribution < 1.29 is 5.11 Å². The predicted octanol–water partition coefficient (Wildman–Crippen LogP) is 2.25. The van der Waals surface area contributed by atoms with Crippen LogP contribution in [0, 0.1) is 17.2 Å². The molecule has 0 radical (unpaired) electrons. The second kappa shape index (κ2) is 5.59. The maximum absolute atomic E-state index is 8.84.